The van der Waals surface area contributed by atoms with Crippen LogP contribution in [0.3, 0.4) is 0 Å². The summed E-state index contributed by atoms with van der Waals surface area (Å²) >= 11 is 0. The summed E-state index contributed by atoms with van der Waals surface area (Å²) in [6, 6.07) is 6.13. The van der Waals surface area contributed by atoms with E-state index in [1.54, 1.807) is 17.0 Å². The second-order valence-corrected chi connectivity index (χ2v) is 6.46. The highest BCUT2D eigenvalue weighted by Crippen LogP contribution is 2.36. The van der Waals surface area contributed by atoms with Gasteiger partial charge < -0.3 is 9.74 Å². The molecule has 0 N–H and O–H groups in total. The number of likely N-dealkylation sites (tertiary alicyclic amines) is 1. The topological polar surface area (TPSA) is 41.9 Å². The number of carbonyl (C=O) groups excluding carboxylic acids is 1. The van der Waals surface area contributed by atoms with E-state index in [4.69, 9.17) is 4.84 Å². The summed E-state index contributed by atoms with van der Waals surface area (Å²) in [5.74, 6) is -0.316. The Bertz CT molecular complexity index is 604. The number of oxime groups is 1. The van der Waals surface area contributed by atoms with E-state index < -0.39 is 5.82 Å². The molecule has 0 aromatic heterocycles. The van der Waals surface area contributed by atoms with Gasteiger partial charge >= 0.3 is 0 Å². The molecule has 1 fully saturated rings. The Morgan fingerprint density at radius 1 is 1.32 bits per heavy atom. The van der Waals surface area contributed by atoms with Gasteiger partial charge in [0.15, 0.2) is 0 Å². The van der Waals surface area contributed by atoms with Crippen LogP contribution in [0.5, 0.6) is 0 Å². The number of halogens is 1. The van der Waals surface area contributed by atoms with Gasteiger partial charge in [-0.05, 0) is 18.1 Å². The molecule has 5 heteroatoms. The summed E-state index contributed by atoms with van der Waals surface area (Å²) in [5, 5.41) is 4.21. The molecule has 2 aliphatic heterocycles. The van der Waals surface area contributed by atoms with Gasteiger partial charge in [0.1, 0.15) is 11.4 Å². The van der Waals surface area contributed by atoms with E-state index >= 15 is 0 Å². The fourth-order valence-electron chi connectivity index (χ4n) is 3.05. The summed E-state index contributed by atoms with van der Waals surface area (Å²) in [6.45, 7) is 5.37. The van der Waals surface area contributed by atoms with Crippen molar-refractivity contribution in [3.05, 3.63) is 35.6 Å². The van der Waals surface area contributed by atoms with Gasteiger partial charge in [-0.15, -0.1) is 0 Å². The molecule has 2 heterocycles. The quantitative estimate of drug-likeness (QED) is 0.842. The molecular formula is C17H21FN2O2. The SMILES string of the molecule is CC(C)C1=NOC2(CCN(C(=O)c3ccccc3F)CC2)C1. The molecule has 0 atom stereocenters. The predicted molar refractivity (Wildman–Crippen MR) is 82.2 cm³/mol. The minimum absolute atomic E-state index is 0.143. The lowest BCUT2D eigenvalue weighted by molar-refractivity contribution is -0.0568. The van der Waals surface area contributed by atoms with Crippen molar-refractivity contribution in [2.45, 2.75) is 38.7 Å². The Morgan fingerprint density at radius 3 is 2.59 bits per heavy atom. The van der Waals surface area contributed by atoms with Gasteiger partial charge in [0, 0.05) is 32.4 Å². The van der Waals surface area contributed by atoms with E-state index in [-0.39, 0.29) is 17.1 Å². The Kier molecular flexibility index (Phi) is 3.89. The van der Waals surface area contributed by atoms with Crippen molar-refractivity contribution in [1.29, 1.82) is 0 Å². The van der Waals surface area contributed by atoms with Gasteiger partial charge in [-0.3, -0.25) is 4.79 Å². The highest BCUT2D eigenvalue weighted by atomic mass is 19.1. The van der Waals surface area contributed by atoms with Crippen molar-refractivity contribution in [2.75, 3.05) is 13.1 Å². The van der Waals surface area contributed by atoms with Crippen molar-refractivity contribution < 1.29 is 14.0 Å². The van der Waals surface area contributed by atoms with Crippen molar-refractivity contribution in [3.63, 3.8) is 0 Å². The molecule has 4 nitrogen and oxygen atoms in total. The lowest BCUT2D eigenvalue weighted by atomic mass is 9.84. The lowest BCUT2D eigenvalue weighted by Crippen LogP contribution is -2.47. The third-order valence-corrected chi connectivity index (χ3v) is 4.59. The van der Waals surface area contributed by atoms with E-state index in [0.29, 0.717) is 19.0 Å². The van der Waals surface area contributed by atoms with E-state index in [1.165, 1.54) is 12.1 Å². The maximum Gasteiger partial charge on any atom is 0.256 e. The standard InChI is InChI=1S/C17H21FN2O2/c1-12(2)15-11-17(22-19-15)7-9-20(10-8-17)16(21)13-5-3-4-6-14(13)18/h3-6,12H,7-11H2,1-2H3. The third kappa shape index (κ3) is 2.72. The molecule has 3 rings (SSSR count). The fraction of sp³-hybridized carbons (Fsp3) is 0.529. The highest BCUT2D eigenvalue weighted by molar-refractivity contribution is 5.94. The molecule has 1 saturated heterocycles. The summed E-state index contributed by atoms with van der Waals surface area (Å²) in [4.78, 5) is 19.8. The van der Waals surface area contributed by atoms with E-state index in [1.807, 2.05) is 0 Å². The minimum Gasteiger partial charge on any atom is -0.389 e. The van der Waals surface area contributed by atoms with Gasteiger partial charge in [0.2, 0.25) is 0 Å². The number of nitrogens with zero attached hydrogens (tertiary/aromatic N) is 2. The molecule has 1 spiro atoms. The van der Waals surface area contributed by atoms with Crippen LogP contribution in [0.25, 0.3) is 0 Å². The largest absolute Gasteiger partial charge is 0.389 e. The molecule has 0 aliphatic carbocycles. The Hall–Kier alpha value is -1.91. The van der Waals surface area contributed by atoms with Crippen molar-refractivity contribution in [1.82, 2.24) is 4.90 Å². The molecule has 22 heavy (non-hydrogen) atoms. The van der Waals surface area contributed by atoms with Gasteiger partial charge in [0.25, 0.3) is 5.91 Å². The molecular weight excluding hydrogens is 283 g/mol. The second kappa shape index (κ2) is 5.71. The van der Waals surface area contributed by atoms with E-state index in [9.17, 15) is 9.18 Å². The second-order valence-electron chi connectivity index (χ2n) is 6.46. The summed E-state index contributed by atoms with van der Waals surface area (Å²) in [6.07, 6.45) is 2.33. The van der Waals surface area contributed by atoms with Crippen LogP contribution in [0.4, 0.5) is 4.39 Å². The molecule has 1 aromatic carbocycles. The number of hydrogen-bond acceptors (Lipinski definition) is 3. The van der Waals surface area contributed by atoms with Crippen molar-refractivity contribution in [2.24, 2.45) is 11.1 Å². The van der Waals surface area contributed by atoms with Crippen LogP contribution in [0.2, 0.25) is 0 Å². The zero-order valence-electron chi connectivity index (χ0n) is 13.0. The third-order valence-electron chi connectivity index (χ3n) is 4.59. The molecule has 2 aliphatic rings. The van der Waals surface area contributed by atoms with Crippen LogP contribution in [0.1, 0.15) is 43.5 Å². The van der Waals surface area contributed by atoms with Crippen molar-refractivity contribution >= 4 is 11.6 Å². The number of hydrogen-bond donors (Lipinski definition) is 0. The Labute approximate surface area is 129 Å². The summed E-state index contributed by atoms with van der Waals surface area (Å²) in [7, 11) is 0. The highest BCUT2D eigenvalue weighted by Gasteiger charge is 2.43. The fourth-order valence-corrected chi connectivity index (χ4v) is 3.05. The number of benzene rings is 1. The average Bonchev–Trinajstić information content (AvgIpc) is 2.92. The smallest absolute Gasteiger partial charge is 0.256 e. The first-order chi connectivity index (χ1) is 10.5. The van der Waals surface area contributed by atoms with E-state index in [0.717, 1.165) is 25.0 Å². The number of rotatable bonds is 2. The first-order valence-corrected chi connectivity index (χ1v) is 7.79. The van der Waals surface area contributed by atoms with Crippen LogP contribution in [-0.2, 0) is 4.84 Å². The summed E-state index contributed by atoms with van der Waals surface area (Å²) < 4.78 is 13.7. The number of piperidine rings is 1. The average molecular weight is 304 g/mol. The Morgan fingerprint density at radius 2 is 2.00 bits per heavy atom. The lowest BCUT2D eigenvalue weighted by Gasteiger charge is -2.37. The minimum atomic E-state index is -0.463. The Balaban J connectivity index is 1.63. The predicted octanol–water partition coefficient (Wildman–Crippen LogP) is 3.23. The van der Waals surface area contributed by atoms with E-state index in [2.05, 4.69) is 19.0 Å². The van der Waals surface area contributed by atoms with Crippen LogP contribution in [0.15, 0.2) is 29.4 Å². The molecule has 0 bridgehead atoms. The molecule has 1 aromatic rings. The van der Waals surface area contributed by atoms with Crippen LogP contribution in [-0.4, -0.2) is 35.2 Å². The van der Waals surface area contributed by atoms with Crippen LogP contribution < -0.4 is 0 Å². The number of carbonyl (C=O) groups is 1. The first-order valence-electron chi connectivity index (χ1n) is 7.79. The van der Waals surface area contributed by atoms with Gasteiger partial charge in [-0.2, -0.15) is 0 Å². The zero-order valence-corrected chi connectivity index (χ0v) is 13.0. The normalized spacial score (nSPS) is 20.2. The summed E-state index contributed by atoms with van der Waals surface area (Å²) in [5.41, 5.74) is 0.977. The molecule has 1 amide bonds. The van der Waals surface area contributed by atoms with Gasteiger partial charge in [-0.25, -0.2) is 4.39 Å². The number of amides is 1. The monoisotopic (exact) mass is 304 g/mol. The molecule has 118 valence electrons. The van der Waals surface area contributed by atoms with Gasteiger partial charge in [0.05, 0.1) is 11.3 Å². The maximum atomic E-state index is 13.7. The zero-order chi connectivity index (χ0) is 15.7. The molecule has 0 saturated carbocycles. The maximum absolute atomic E-state index is 13.7. The molecule has 0 radical (unpaired) electrons. The van der Waals surface area contributed by atoms with Crippen molar-refractivity contribution in [3.8, 4) is 0 Å². The van der Waals surface area contributed by atoms with Gasteiger partial charge in [-0.1, -0.05) is 31.1 Å². The van der Waals surface area contributed by atoms with Crippen LogP contribution in [0, 0.1) is 11.7 Å². The molecule has 0 unspecified atom stereocenters. The first kappa shape index (κ1) is 15.0. The van der Waals surface area contributed by atoms with Crippen LogP contribution >= 0.6 is 0 Å².